The number of hydrogen-bond donors (Lipinski definition) is 1. The Balaban J connectivity index is 1.32. The molecule has 166 valence electrons. The number of nitrogens with one attached hydrogen (secondary N) is 1. The minimum atomic E-state index is -4.67. The van der Waals surface area contributed by atoms with Crippen LogP contribution in [-0.2, 0) is 15.8 Å². The number of para-hydroxylation sites is 2. The number of alkyl halides is 3. The molecule has 32 heavy (non-hydrogen) atoms. The Morgan fingerprint density at radius 1 is 1.06 bits per heavy atom. The Kier molecular flexibility index (Phi) is 4.72. The molecule has 0 saturated carbocycles. The molecule has 1 aromatic carbocycles. The number of anilines is 3. The summed E-state index contributed by atoms with van der Waals surface area (Å²) in [5.41, 5.74) is 1.27. The minimum absolute atomic E-state index is 0.00757. The van der Waals surface area contributed by atoms with Gasteiger partial charge in [0.1, 0.15) is 12.4 Å². The molecule has 0 unspecified atom stereocenters. The Hall–Kier alpha value is -3.70. The lowest BCUT2D eigenvalue weighted by molar-refractivity contribution is -0.146. The number of carbonyl (C=O) groups excluding carboxylic acids is 2. The van der Waals surface area contributed by atoms with E-state index in [0.29, 0.717) is 47.6 Å². The predicted octanol–water partition coefficient (Wildman–Crippen LogP) is 2.34. The van der Waals surface area contributed by atoms with E-state index in [1.807, 2.05) is 4.90 Å². The second kappa shape index (κ2) is 7.46. The van der Waals surface area contributed by atoms with Gasteiger partial charge in [-0.25, -0.2) is 0 Å². The highest BCUT2D eigenvalue weighted by molar-refractivity contribution is 6.10. The van der Waals surface area contributed by atoms with Gasteiger partial charge in [-0.3, -0.25) is 9.59 Å². The van der Waals surface area contributed by atoms with E-state index >= 15 is 0 Å². The van der Waals surface area contributed by atoms with Crippen molar-refractivity contribution in [2.75, 3.05) is 34.8 Å². The van der Waals surface area contributed by atoms with Gasteiger partial charge in [-0.05, 0) is 37.1 Å². The number of hydrogen-bond acceptors (Lipinski definition) is 6. The maximum atomic E-state index is 13.2. The number of rotatable bonds is 2. The van der Waals surface area contributed by atoms with Gasteiger partial charge in [0.2, 0.25) is 11.8 Å². The van der Waals surface area contributed by atoms with Gasteiger partial charge in [-0.2, -0.15) is 17.7 Å². The average Bonchev–Trinajstić information content (AvgIpc) is 3.22. The van der Waals surface area contributed by atoms with E-state index in [0.717, 1.165) is 0 Å². The van der Waals surface area contributed by atoms with E-state index in [4.69, 9.17) is 0 Å². The zero-order chi connectivity index (χ0) is 22.5. The maximum absolute atomic E-state index is 13.2. The third-order valence-corrected chi connectivity index (χ3v) is 5.71. The summed E-state index contributed by atoms with van der Waals surface area (Å²) in [6.07, 6.45) is -3.68. The van der Waals surface area contributed by atoms with Crippen LogP contribution in [0.1, 0.15) is 18.7 Å². The van der Waals surface area contributed by atoms with Crippen molar-refractivity contribution in [3.05, 3.63) is 42.2 Å². The summed E-state index contributed by atoms with van der Waals surface area (Å²) in [4.78, 5) is 28.5. The van der Waals surface area contributed by atoms with Gasteiger partial charge in [0.05, 0.1) is 11.4 Å². The number of amides is 2. The number of carbonyl (C=O) groups is 2. The lowest BCUT2D eigenvalue weighted by atomic mass is 9.94. The first kappa shape index (κ1) is 20.2. The number of fused-ring (bicyclic) bond motifs is 2. The third kappa shape index (κ3) is 3.51. The van der Waals surface area contributed by atoms with Gasteiger partial charge in [-0.1, -0.05) is 12.1 Å². The summed E-state index contributed by atoms with van der Waals surface area (Å²) in [5, 5.41) is 13.5. The molecule has 2 amide bonds. The Morgan fingerprint density at radius 2 is 1.81 bits per heavy atom. The summed E-state index contributed by atoms with van der Waals surface area (Å²) in [5.74, 6) is -1.50. The van der Waals surface area contributed by atoms with Gasteiger partial charge >= 0.3 is 6.18 Å². The van der Waals surface area contributed by atoms with Crippen LogP contribution >= 0.6 is 0 Å². The molecule has 0 bridgehead atoms. The second-order valence-electron chi connectivity index (χ2n) is 7.73. The number of benzene rings is 1. The van der Waals surface area contributed by atoms with Crippen LogP contribution in [-0.4, -0.2) is 51.3 Å². The molecule has 9 nitrogen and oxygen atoms in total. The van der Waals surface area contributed by atoms with Crippen LogP contribution in [0.15, 0.2) is 36.4 Å². The lowest BCUT2D eigenvalue weighted by Crippen LogP contribution is -2.47. The molecule has 0 aliphatic carbocycles. The first-order chi connectivity index (χ1) is 15.3. The van der Waals surface area contributed by atoms with E-state index in [9.17, 15) is 22.8 Å². The fourth-order valence-electron chi connectivity index (χ4n) is 4.13. The highest BCUT2D eigenvalue weighted by Gasteiger charge is 2.38. The molecule has 0 spiro atoms. The van der Waals surface area contributed by atoms with Gasteiger partial charge in [-0.15, -0.1) is 15.3 Å². The molecule has 1 saturated heterocycles. The first-order valence-electron chi connectivity index (χ1n) is 10.1. The van der Waals surface area contributed by atoms with Gasteiger partial charge in [0.25, 0.3) is 5.82 Å². The molecule has 0 radical (unpaired) electrons. The quantitative estimate of drug-likeness (QED) is 0.651. The Bertz CT molecular complexity index is 1200. The predicted molar refractivity (Wildman–Crippen MR) is 108 cm³/mol. The fourth-order valence-corrected chi connectivity index (χ4v) is 4.13. The van der Waals surface area contributed by atoms with E-state index < -0.39 is 12.0 Å². The molecule has 1 N–H and O–H groups in total. The standard InChI is InChI=1S/C20H18F3N7O2/c21-20(22,23)19-26-25-15-5-6-16(27-30(15)19)28-9-7-12(8-10-28)18(32)29-11-17(31)24-13-3-1-2-4-14(13)29/h1-6,12H,7-11H2,(H,24,31). The molecule has 0 atom stereocenters. The summed E-state index contributed by atoms with van der Waals surface area (Å²) >= 11 is 0. The van der Waals surface area contributed by atoms with Crippen molar-refractivity contribution in [2.45, 2.75) is 19.0 Å². The fraction of sp³-hybridized carbons (Fsp3) is 0.350. The molecule has 1 fully saturated rings. The first-order valence-corrected chi connectivity index (χ1v) is 10.1. The SMILES string of the molecule is O=C1CN(C(=O)C2CCN(c3ccc4nnc(C(F)(F)F)n4n3)CC2)c2ccccc2N1. The van der Waals surface area contributed by atoms with E-state index in [2.05, 4.69) is 20.6 Å². The van der Waals surface area contributed by atoms with Gasteiger partial charge in [0, 0.05) is 19.0 Å². The van der Waals surface area contributed by atoms with Crippen LogP contribution in [0.4, 0.5) is 30.4 Å². The van der Waals surface area contributed by atoms with E-state index in [1.54, 1.807) is 30.3 Å². The molecule has 12 heteroatoms. The zero-order valence-corrected chi connectivity index (χ0v) is 16.7. The van der Waals surface area contributed by atoms with Crippen molar-refractivity contribution in [2.24, 2.45) is 5.92 Å². The third-order valence-electron chi connectivity index (χ3n) is 5.71. The average molecular weight is 445 g/mol. The van der Waals surface area contributed by atoms with Gasteiger partial charge < -0.3 is 15.1 Å². The molecule has 2 aromatic heterocycles. The van der Waals surface area contributed by atoms with Crippen LogP contribution in [0, 0.1) is 5.92 Å². The summed E-state index contributed by atoms with van der Waals surface area (Å²) in [6, 6.07) is 10.2. The highest BCUT2D eigenvalue weighted by Crippen LogP contribution is 2.33. The Morgan fingerprint density at radius 3 is 2.56 bits per heavy atom. The number of aromatic nitrogens is 4. The number of piperidine rings is 1. The van der Waals surface area contributed by atoms with Crippen molar-refractivity contribution < 1.29 is 22.8 Å². The molecular weight excluding hydrogens is 427 g/mol. The molecule has 2 aliphatic rings. The second-order valence-corrected chi connectivity index (χ2v) is 7.73. The summed E-state index contributed by atoms with van der Waals surface area (Å²) < 4.78 is 40.1. The Labute approximate surface area is 179 Å². The molecule has 3 aromatic rings. The van der Waals surface area contributed by atoms with Crippen LogP contribution in [0.5, 0.6) is 0 Å². The smallest absolute Gasteiger partial charge is 0.355 e. The molecular formula is C20H18F3N7O2. The lowest BCUT2D eigenvalue weighted by Gasteiger charge is -2.36. The van der Waals surface area contributed by atoms with Crippen molar-refractivity contribution in [1.29, 1.82) is 0 Å². The monoisotopic (exact) mass is 445 g/mol. The van der Waals surface area contributed by atoms with Crippen molar-refractivity contribution in [3.63, 3.8) is 0 Å². The van der Waals surface area contributed by atoms with Gasteiger partial charge in [0.15, 0.2) is 5.65 Å². The van der Waals surface area contributed by atoms with Crippen molar-refractivity contribution >= 4 is 34.7 Å². The minimum Gasteiger partial charge on any atom is -0.355 e. The number of nitrogens with zero attached hydrogens (tertiary/aromatic N) is 6. The van der Waals surface area contributed by atoms with E-state index in [-0.39, 0.29) is 29.9 Å². The van der Waals surface area contributed by atoms with Crippen LogP contribution < -0.4 is 15.1 Å². The van der Waals surface area contributed by atoms with Crippen molar-refractivity contribution in [3.8, 4) is 0 Å². The summed E-state index contributed by atoms with van der Waals surface area (Å²) in [6.45, 7) is 0.849. The highest BCUT2D eigenvalue weighted by atomic mass is 19.4. The van der Waals surface area contributed by atoms with Crippen molar-refractivity contribution in [1.82, 2.24) is 19.8 Å². The maximum Gasteiger partial charge on any atom is 0.453 e. The molecule has 5 rings (SSSR count). The largest absolute Gasteiger partial charge is 0.453 e. The zero-order valence-electron chi connectivity index (χ0n) is 16.7. The molecule has 4 heterocycles. The van der Waals surface area contributed by atoms with E-state index in [1.165, 1.54) is 11.0 Å². The van der Waals surface area contributed by atoms with Crippen LogP contribution in [0.3, 0.4) is 0 Å². The normalized spacial score (nSPS) is 17.4. The number of halogens is 3. The molecule has 2 aliphatic heterocycles. The van der Waals surface area contributed by atoms with Crippen LogP contribution in [0.2, 0.25) is 0 Å². The topological polar surface area (TPSA) is 95.7 Å². The summed E-state index contributed by atoms with van der Waals surface area (Å²) in [7, 11) is 0. The van der Waals surface area contributed by atoms with Crippen LogP contribution in [0.25, 0.3) is 5.65 Å².